The molecular formula is C17H13BrO4. The van der Waals surface area contributed by atoms with E-state index in [9.17, 15) is 14.7 Å². The Kier molecular flexibility index (Phi) is 3.62. The normalized spacial score (nSPS) is 24.4. The maximum atomic E-state index is 12.0. The molecule has 1 aliphatic rings. The van der Waals surface area contributed by atoms with E-state index in [0.717, 1.165) is 15.6 Å². The van der Waals surface area contributed by atoms with Crippen molar-refractivity contribution in [2.24, 2.45) is 0 Å². The number of aliphatic hydroxyl groups excluding tert-OH is 1. The monoisotopic (exact) mass is 360 g/mol. The standard InChI is InChI=1S/C17H13BrO4/c1-17(15(20)14(19)16(21)22-17)12-6-2-10(3-7-12)11-4-8-13(18)9-5-11/h2-9,14,19H,1H3. The van der Waals surface area contributed by atoms with E-state index in [4.69, 9.17) is 4.74 Å². The van der Waals surface area contributed by atoms with Crippen molar-refractivity contribution < 1.29 is 19.4 Å². The van der Waals surface area contributed by atoms with Gasteiger partial charge in [0.2, 0.25) is 11.9 Å². The molecule has 0 spiro atoms. The highest BCUT2D eigenvalue weighted by atomic mass is 79.9. The van der Waals surface area contributed by atoms with Crippen molar-refractivity contribution >= 4 is 27.7 Å². The van der Waals surface area contributed by atoms with Crippen LogP contribution in [0.2, 0.25) is 0 Å². The van der Waals surface area contributed by atoms with Gasteiger partial charge < -0.3 is 9.84 Å². The van der Waals surface area contributed by atoms with Crippen LogP contribution in [0.1, 0.15) is 12.5 Å². The molecule has 5 heteroatoms. The fourth-order valence-corrected chi connectivity index (χ4v) is 2.76. The molecule has 2 aromatic carbocycles. The zero-order valence-electron chi connectivity index (χ0n) is 11.7. The Hall–Kier alpha value is -1.98. The molecule has 112 valence electrons. The largest absolute Gasteiger partial charge is 0.444 e. The Morgan fingerprint density at radius 3 is 1.95 bits per heavy atom. The molecule has 1 fully saturated rings. The van der Waals surface area contributed by atoms with Gasteiger partial charge in [0.1, 0.15) is 0 Å². The van der Waals surface area contributed by atoms with Crippen molar-refractivity contribution in [3.63, 3.8) is 0 Å². The molecule has 1 heterocycles. The maximum Gasteiger partial charge on any atom is 0.344 e. The molecule has 22 heavy (non-hydrogen) atoms. The average molecular weight is 361 g/mol. The smallest absolute Gasteiger partial charge is 0.344 e. The molecular weight excluding hydrogens is 348 g/mol. The Morgan fingerprint density at radius 1 is 1.00 bits per heavy atom. The molecule has 2 atom stereocenters. The van der Waals surface area contributed by atoms with E-state index in [-0.39, 0.29) is 0 Å². The molecule has 2 unspecified atom stereocenters. The van der Waals surface area contributed by atoms with Crippen LogP contribution in [0, 0.1) is 0 Å². The quantitative estimate of drug-likeness (QED) is 0.660. The van der Waals surface area contributed by atoms with Gasteiger partial charge in [0.15, 0.2) is 5.60 Å². The number of carbonyl (C=O) groups is 2. The molecule has 3 rings (SSSR count). The van der Waals surface area contributed by atoms with E-state index in [1.165, 1.54) is 6.92 Å². The van der Waals surface area contributed by atoms with Gasteiger partial charge in [-0.15, -0.1) is 0 Å². The van der Waals surface area contributed by atoms with Gasteiger partial charge in [-0.2, -0.15) is 0 Å². The zero-order valence-corrected chi connectivity index (χ0v) is 13.3. The van der Waals surface area contributed by atoms with Crippen LogP contribution in [0.15, 0.2) is 53.0 Å². The summed E-state index contributed by atoms with van der Waals surface area (Å²) in [5.74, 6) is -1.53. The number of rotatable bonds is 2. The van der Waals surface area contributed by atoms with Crippen LogP contribution >= 0.6 is 15.9 Å². The van der Waals surface area contributed by atoms with Crippen LogP contribution in [-0.2, 0) is 19.9 Å². The first kappa shape index (κ1) is 14.9. The first-order valence-electron chi connectivity index (χ1n) is 6.73. The fraction of sp³-hybridized carbons (Fsp3) is 0.176. The summed E-state index contributed by atoms with van der Waals surface area (Å²) in [5, 5.41) is 9.49. The van der Waals surface area contributed by atoms with Gasteiger partial charge in [0, 0.05) is 10.0 Å². The summed E-state index contributed by atoms with van der Waals surface area (Å²) in [4.78, 5) is 23.4. The third-order valence-electron chi connectivity index (χ3n) is 3.86. The molecule has 0 bridgehead atoms. The minimum atomic E-state index is -1.70. The van der Waals surface area contributed by atoms with Crippen molar-refractivity contribution in [3.05, 3.63) is 58.6 Å². The minimum Gasteiger partial charge on any atom is -0.444 e. The lowest BCUT2D eigenvalue weighted by Crippen LogP contribution is -2.33. The first-order valence-corrected chi connectivity index (χ1v) is 7.53. The molecule has 0 amide bonds. The Morgan fingerprint density at radius 2 is 1.50 bits per heavy atom. The second kappa shape index (κ2) is 5.34. The fourth-order valence-electron chi connectivity index (χ4n) is 2.50. The SMILES string of the molecule is CC1(c2ccc(-c3ccc(Br)cc3)cc2)OC(=O)C(O)C1=O. The number of Topliss-reactive ketones (excluding diaryl/α,β-unsaturated/α-hetero) is 1. The number of esters is 1. The predicted octanol–water partition coefficient (Wildman–Crippen LogP) is 2.82. The summed E-state index contributed by atoms with van der Waals surface area (Å²) in [6.45, 7) is 1.50. The Bertz CT molecular complexity index is 736. The summed E-state index contributed by atoms with van der Waals surface area (Å²) in [7, 11) is 0. The van der Waals surface area contributed by atoms with Crippen molar-refractivity contribution in [2.75, 3.05) is 0 Å². The Labute approximate surface area is 135 Å². The van der Waals surface area contributed by atoms with Gasteiger partial charge in [-0.1, -0.05) is 52.3 Å². The van der Waals surface area contributed by atoms with Crippen LogP contribution in [0.25, 0.3) is 11.1 Å². The number of benzene rings is 2. The number of halogens is 1. The van der Waals surface area contributed by atoms with Crippen molar-refractivity contribution in [1.82, 2.24) is 0 Å². The number of aliphatic hydroxyl groups is 1. The number of hydrogen-bond acceptors (Lipinski definition) is 4. The summed E-state index contributed by atoms with van der Waals surface area (Å²) >= 11 is 3.39. The minimum absolute atomic E-state index is 0.545. The molecule has 1 aliphatic heterocycles. The molecule has 1 saturated heterocycles. The number of ketones is 1. The molecule has 0 aliphatic carbocycles. The van der Waals surface area contributed by atoms with Crippen molar-refractivity contribution in [2.45, 2.75) is 18.6 Å². The highest BCUT2D eigenvalue weighted by molar-refractivity contribution is 9.10. The van der Waals surface area contributed by atoms with Crippen molar-refractivity contribution in [1.29, 1.82) is 0 Å². The second-order valence-electron chi connectivity index (χ2n) is 5.31. The highest BCUT2D eigenvalue weighted by Gasteiger charge is 2.52. The lowest BCUT2D eigenvalue weighted by Gasteiger charge is -2.21. The summed E-state index contributed by atoms with van der Waals surface area (Å²) in [6.07, 6.45) is -1.70. The van der Waals surface area contributed by atoms with Gasteiger partial charge in [-0.3, -0.25) is 4.79 Å². The van der Waals surface area contributed by atoms with Crippen molar-refractivity contribution in [3.8, 4) is 11.1 Å². The lowest BCUT2D eigenvalue weighted by atomic mass is 9.89. The number of ether oxygens (including phenoxy) is 1. The molecule has 1 N–H and O–H groups in total. The number of hydrogen-bond donors (Lipinski definition) is 1. The van der Waals surface area contributed by atoms with Crippen LogP contribution in [0.3, 0.4) is 0 Å². The zero-order chi connectivity index (χ0) is 15.9. The number of carbonyl (C=O) groups excluding carboxylic acids is 2. The van der Waals surface area contributed by atoms with Crippen LogP contribution in [-0.4, -0.2) is 23.0 Å². The topological polar surface area (TPSA) is 63.6 Å². The average Bonchev–Trinajstić information content (AvgIpc) is 2.73. The lowest BCUT2D eigenvalue weighted by molar-refractivity contribution is -0.153. The highest BCUT2D eigenvalue weighted by Crippen LogP contribution is 2.34. The van der Waals surface area contributed by atoms with E-state index in [0.29, 0.717) is 5.56 Å². The summed E-state index contributed by atoms with van der Waals surface area (Å²) < 4.78 is 6.07. The molecule has 0 radical (unpaired) electrons. The summed E-state index contributed by atoms with van der Waals surface area (Å²) in [5.41, 5.74) is 1.14. The van der Waals surface area contributed by atoms with E-state index in [1.54, 1.807) is 12.1 Å². The van der Waals surface area contributed by atoms with Gasteiger partial charge in [-0.05, 0) is 30.2 Å². The predicted molar refractivity (Wildman–Crippen MR) is 84.0 cm³/mol. The van der Waals surface area contributed by atoms with Gasteiger partial charge in [0.05, 0.1) is 0 Å². The second-order valence-corrected chi connectivity index (χ2v) is 6.22. The van der Waals surface area contributed by atoms with Crippen LogP contribution in [0.5, 0.6) is 0 Å². The van der Waals surface area contributed by atoms with Gasteiger partial charge in [-0.25, -0.2) is 4.79 Å². The number of cyclic esters (lactones) is 1. The van der Waals surface area contributed by atoms with E-state index in [1.807, 2.05) is 36.4 Å². The van der Waals surface area contributed by atoms with E-state index in [2.05, 4.69) is 15.9 Å². The van der Waals surface area contributed by atoms with E-state index < -0.39 is 23.5 Å². The Balaban J connectivity index is 1.93. The van der Waals surface area contributed by atoms with Crippen LogP contribution in [0.4, 0.5) is 0 Å². The third kappa shape index (κ3) is 2.36. The molecule has 0 saturated carbocycles. The molecule has 4 nitrogen and oxygen atoms in total. The van der Waals surface area contributed by atoms with Gasteiger partial charge >= 0.3 is 5.97 Å². The molecule has 2 aromatic rings. The maximum absolute atomic E-state index is 12.0. The molecule has 0 aromatic heterocycles. The third-order valence-corrected chi connectivity index (χ3v) is 4.39. The summed E-state index contributed by atoms with van der Waals surface area (Å²) in [6, 6.07) is 15.0. The first-order chi connectivity index (χ1) is 10.4. The van der Waals surface area contributed by atoms with Crippen LogP contribution < -0.4 is 0 Å². The van der Waals surface area contributed by atoms with Gasteiger partial charge in [0.25, 0.3) is 0 Å². The van der Waals surface area contributed by atoms with E-state index >= 15 is 0 Å².